The maximum Gasteiger partial charge on any atom is 0.0456 e. The molecule has 1 aromatic rings. The molecule has 70 valence electrons. The molecule has 0 saturated carbocycles. The molecule has 1 aromatic carbocycles. The van der Waals surface area contributed by atoms with Crippen LogP contribution in [0.2, 0.25) is 10.0 Å². The van der Waals surface area contributed by atoms with E-state index in [9.17, 15) is 0 Å². The molecule has 0 amide bonds. The van der Waals surface area contributed by atoms with Crippen LogP contribution in [0.25, 0.3) is 0 Å². The first-order valence-corrected chi connectivity index (χ1v) is 5.08. The summed E-state index contributed by atoms with van der Waals surface area (Å²) in [6, 6.07) is 3.84. The van der Waals surface area contributed by atoms with E-state index in [1.807, 2.05) is 12.1 Å². The van der Waals surface area contributed by atoms with Gasteiger partial charge in [0.15, 0.2) is 0 Å². The highest BCUT2D eigenvalue weighted by molar-refractivity contribution is 6.35. The SMILES string of the molecule is CN1CCc2c(Cl)cc(Cl)cc2C1. The summed E-state index contributed by atoms with van der Waals surface area (Å²) < 4.78 is 0. The van der Waals surface area contributed by atoms with Gasteiger partial charge in [-0.1, -0.05) is 23.2 Å². The number of rotatable bonds is 0. The Morgan fingerprint density at radius 3 is 2.85 bits per heavy atom. The van der Waals surface area contributed by atoms with Crippen molar-refractivity contribution in [3.8, 4) is 0 Å². The molecule has 0 atom stereocenters. The van der Waals surface area contributed by atoms with Crippen molar-refractivity contribution >= 4 is 23.2 Å². The molecule has 1 nitrogen and oxygen atoms in total. The van der Waals surface area contributed by atoms with Crippen LogP contribution in [0.15, 0.2) is 12.1 Å². The molecule has 0 N–H and O–H groups in total. The van der Waals surface area contributed by atoms with Crippen molar-refractivity contribution in [2.75, 3.05) is 13.6 Å². The monoisotopic (exact) mass is 215 g/mol. The van der Waals surface area contributed by atoms with Crippen molar-refractivity contribution in [1.82, 2.24) is 4.90 Å². The molecule has 0 aliphatic carbocycles. The Labute approximate surface area is 88.3 Å². The van der Waals surface area contributed by atoms with E-state index in [-0.39, 0.29) is 0 Å². The van der Waals surface area contributed by atoms with Crippen LogP contribution in [0.1, 0.15) is 11.1 Å². The lowest BCUT2D eigenvalue weighted by molar-refractivity contribution is 0.313. The Morgan fingerprint density at radius 1 is 1.31 bits per heavy atom. The van der Waals surface area contributed by atoms with E-state index in [1.54, 1.807) is 0 Å². The fourth-order valence-corrected chi connectivity index (χ4v) is 2.38. The molecule has 1 aliphatic heterocycles. The predicted molar refractivity (Wildman–Crippen MR) is 56.5 cm³/mol. The number of hydrogen-bond acceptors (Lipinski definition) is 1. The van der Waals surface area contributed by atoms with Crippen molar-refractivity contribution in [2.24, 2.45) is 0 Å². The lowest BCUT2D eigenvalue weighted by atomic mass is 10.0. The van der Waals surface area contributed by atoms with Gasteiger partial charge in [0, 0.05) is 23.1 Å². The Hall–Kier alpha value is -0.240. The van der Waals surface area contributed by atoms with Crippen LogP contribution >= 0.6 is 23.2 Å². The molecule has 0 unspecified atom stereocenters. The summed E-state index contributed by atoms with van der Waals surface area (Å²) in [6.45, 7) is 2.03. The van der Waals surface area contributed by atoms with E-state index < -0.39 is 0 Å². The van der Waals surface area contributed by atoms with E-state index >= 15 is 0 Å². The summed E-state index contributed by atoms with van der Waals surface area (Å²) in [6.07, 6.45) is 1.03. The minimum atomic E-state index is 0.735. The van der Waals surface area contributed by atoms with Gasteiger partial charge in [-0.3, -0.25) is 0 Å². The van der Waals surface area contributed by atoms with E-state index in [0.717, 1.165) is 29.6 Å². The van der Waals surface area contributed by atoms with Gasteiger partial charge in [0.25, 0.3) is 0 Å². The van der Waals surface area contributed by atoms with Crippen molar-refractivity contribution in [1.29, 1.82) is 0 Å². The number of fused-ring (bicyclic) bond motifs is 1. The third kappa shape index (κ3) is 1.83. The summed E-state index contributed by atoms with van der Waals surface area (Å²) >= 11 is 12.0. The Kier molecular flexibility index (Phi) is 2.50. The fourth-order valence-electron chi connectivity index (χ4n) is 1.75. The van der Waals surface area contributed by atoms with E-state index in [4.69, 9.17) is 23.2 Å². The first-order valence-electron chi connectivity index (χ1n) is 4.32. The molecule has 0 aromatic heterocycles. The first kappa shape index (κ1) is 9.32. The van der Waals surface area contributed by atoms with Gasteiger partial charge in [-0.2, -0.15) is 0 Å². The Bertz CT molecular complexity index is 336. The molecule has 2 rings (SSSR count). The lowest BCUT2D eigenvalue weighted by Crippen LogP contribution is -2.26. The van der Waals surface area contributed by atoms with Crippen LogP contribution < -0.4 is 0 Å². The molecule has 1 aliphatic rings. The van der Waals surface area contributed by atoms with Crippen LogP contribution in [0, 0.1) is 0 Å². The van der Waals surface area contributed by atoms with Crippen molar-refractivity contribution in [3.05, 3.63) is 33.3 Å². The van der Waals surface area contributed by atoms with Crippen LogP contribution in [0.5, 0.6) is 0 Å². The second-order valence-corrected chi connectivity index (χ2v) is 4.36. The normalized spacial score (nSPS) is 17.2. The number of halogens is 2. The predicted octanol–water partition coefficient (Wildman–Crippen LogP) is 2.98. The van der Waals surface area contributed by atoms with Crippen molar-refractivity contribution in [3.63, 3.8) is 0 Å². The van der Waals surface area contributed by atoms with Crippen molar-refractivity contribution < 1.29 is 0 Å². The Morgan fingerprint density at radius 2 is 2.08 bits per heavy atom. The van der Waals surface area contributed by atoms with Gasteiger partial charge in [0.05, 0.1) is 0 Å². The van der Waals surface area contributed by atoms with E-state index in [1.165, 1.54) is 11.1 Å². The first-order chi connectivity index (χ1) is 6.16. The van der Waals surface area contributed by atoms with Crippen LogP contribution in [0.4, 0.5) is 0 Å². The highest BCUT2D eigenvalue weighted by atomic mass is 35.5. The molecule has 0 bridgehead atoms. The molecule has 0 saturated heterocycles. The molecule has 1 heterocycles. The maximum absolute atomic E-state index is 6.09. The van der Waals surface area contributed by atoms with Crippen LogP contribution in [-0.4, -0.2) is 18.5 Å². The summed E-state index contributed by atoms with van der Waals surface area (Å²) in [5.74, 6) is 0. The number of hydrogen-bond donors (Lipinski definition) is 0. The van der Waals surface area contributed by atoms with Crippen LogP contribution in [0.3, 0.4) is 0 Å². The quantitative estimate of drug-likeness (QED) is 0.644. The van der Waals surface area contributed by atoms with Gasteiger partial charge in [0.1, 0.15) is 0 Å². The topological polar surface area (TPSA) is 3.24 Å². The third-order valence-corrected chi connectivity index (χ3v) is 2.99. The zero-order chi connectivity index (χ0) is 9.42. The van der Waals surface area contributed by atoms with Gasteiger partial charge in [-0.25, -0.2) is 0 Å². The maximum atomic E-state index is 6.09. The minimum absolute atomic E-state index is 0.735. The van der Waals surface area contributed by atoms with Gasteiger partial charge in [-0.15, -0.1) is 0 Å². The second kappa shape index (κ2) is 3.49. The zero-order valence-corrected chi connectivity index (χ0v) is 8.99. The molecular weight excluding hydrogens is 205 g/mol. The molecular formula is C10H11Cl2N. The molecule has 13 heavy (non-hydrogen) atoms. The van der Waals surface area contributed by atoms with Crippen LogP contribution in [-0.2, 0) is 13.0 Å². The largest absolute Gasteiger partial charge is 0.302 e. The van der Waals surface area contributed by atoms with Gasteiger partial charge < -0.3 is 4.90 Å². The van der Waals surface area contributed by atoms with E-state index in [0.29, 0.717) is 0 Å². The highest BCUT2D eigenvalue weighted by Gasteiger charge is 2.16. The van der Waals surface area contributed by atoms with Gasteiger partial charge in [-0.05, 0) is 36.7 Å². The smallest absolute Gasteiger partial charge is 0.0456 e. The lowest BCUT2D eigenvalue weighted by Gasteiger charge is -2.25. The van der Waals surface area contributed by atoms with Gasteiger partial charge in [0.2, 0.25) is 0 Å². The number of nitrogens with zero attached hydrogens (tertiary/aromatic N) is 1. The minimum Gasteiger partial charge on any atom is -0.302 e. The molecule has 3 heteroatoms. The standard InChI is InChI=1S/C10H11Cl2N/c1-13-3-2-9-7(6-13)4-8(11)5-10(9)12/h4-5H,2-3,6H2,1H3. The summed E-state index contributed by atoms with van der Waals surface area (Å²) in [5, 5.41) is 1.55. The number of benzene rings is 1. The summed E-state index contributed by atoms with van der Waals surface area (Å²) in [5.41, 5.74) is 2.54. The second-order valence-electron chi connectivity index (χ2n) is 3.51. The third-order valence-electron chi connectivity index (χ3n) is 2.44. The van der Waals surface area contributed by atoms with Gasteiger partial charge >= 0.3 is 0 Å². The fraction of sp³-hybridized carbons (Fsp3) is 0.400. The Balaban J connectivity index is 2.47. The molecule has 0 radical (unpaired) electrons. The summed E-state index contributed by atoms with van der Waals surface area (Å²) in [7, 11) is 2.11. The zero-order valence-electron chi connectivity index (χ0n) is 7.48. The number of likely N-dealkylation sites (N-methyl/N-ethyl adjacent to an activating group) is 1. The molecule has 0 fully saturated rings. The van der Waals surface area contributed by atoms with Crippen molar-refractivity contribution in [2.45, 2.75) is 13.0 Å². The molecule has 0 spiro atoms. The average Bonchev–Trinajstić information content (AvgIpc) is 2.02. The van der Waals surface area contributed by atoms with E-state index in [2.05, 4.69) is 11.9 Å². The average molecular weight is 216 g/mol. The summed E-state index contributed by atoms with van der Waals surface area (Å²) in [4.78, 5) is 2.27. The highest BCUT2D eigenvalue weighted by Crippen LogP contribution is 2.29.